The molecule has 0 aliphatic heterocycles. The molecule has 0 spiro atoms. The molecule has 1 aromatic carbocycles. The summed E-state index contributed by atoms with van der Waals surface area (Å²) in [4.78, 5) is 12.9. The predicted molar refractivity (Wildman–Crippen MR) is 83.8 cm³/mol. The molecule has 2 rings (SSSR count). The van der Waals surface area contributed by atoms with E-state index in [9.17, 15) is 10.1 Å². The molecule has 2 aromatic rings. The van der Waals surface area contributed by atoms with Gasteiger partial charge in [-0.05, 0) is 31.5 Å². The highest BCUT2D eigenvalue weighted by molar-refractivity contribution is 7.12. The number of nitrogens with one attached hydrogen (secondary N) is 1. The van der Waals surface area contributed by atoms with Gasteiger partial charge in [-0.25, -0.2) is 0 Å². The van der Waals surface area contributed by atoms with Crippen LogP contribution < -0.4 is 5.32 Å². The number of nitro groups is 1. The summed E-state index contributed by atoms with van der Waals surface area (Å²) in [6, 6.07) is 8.64. The Labute approximate surface area is 126 Å². The molecule has 1 atom stereocenters. The highest BCUT2D eigenvalue weighted by atomic mass is 35.5. The van der Waals surface area contributed by atoms with E-state index in [0.717, 1.165) is 6.42 Å². The Kier molecular flexibility index (Phi) is 4.62. The second-order valence-electron chi connectivity index (χ2n) is 4.44. The van der Waals surface area contributed by atoms with Gasteiger partial charge in [0.15, 0.2) is 0 Å². The van der Waals surface area contributed by atoms with Crippen LogP contribution >= 0.6 is 22.9 Å². The number of anilines is 1. The summed E-state index contributed by atoms with van der Waals surface area (Å²) in [6.45, 7) is 4.13. The van der Waals surface area contributed by atoms with Crippen LogP contribution in [-0.4, -0.2) is 4.92 Å². The van der Waals surface area contributed by atoms with E-state index < -0.39 is 4.92 Å². The smallest absolute Gasteiger partial charge is 0.271 e. The van der Waals surface area contributed by atoms with Gasteiger partial charge in [0.2, 0.25) is 0 Å². The van der Waals surface area contributed by atoms with Crippen LogP contribution in [0.3, 0.4) is 0 Å². The lowest BCUT2D eigenvalue weighted by molar-refractivity contribution is -0.384. The Hall–Kier alpha value is -1.59. The van der Waals surface area contributed by atoms with Crippen LogP contribution in [0.2, 0.25) is 5.02 Å². The number of non-ortho nitro benzene ring substituents is 1. The Morgan fingerprint density at radius 2 is 2.15 bits per heavy atom. The number of nitro benzene ring substituents is 1. The molecule has 0 saturated carbocycles. The largest absolute Gasteiger partial charge is 0.376 e. The third-order valence-corrected chi connectivity index (χ3v) is 4.73. The van der Waals surface area contributed by atoms with Gasteiger partial charge in [-0.15, -0.1) is 11.3 Å². The molecule has 0 aliphatic carbocycles. The number of hydrogen-bond acceptors (Lipinski definition) is 4. The molecule has 0 radical (unpaired) electrons. The van der Waals surface area contributed by atoms with Crippen molar-refractivity contribution in [3.8, 4) is 0 Å². The number of rotatable bonds is 5. The fourth-order valence-electron chi connectivity index (χ4n) is 1.86. The van der Waals surface area contributed by atoms with Gasteiger partial charge >= 0.3 is 0 Å². The van der Waals surface area contributed by atoms with Gasteiger partial charge in [-0.2, -0.15) is 0 Å². The van der Waals surface area contributed by atoms with Crippen molar-refractivity contribution in [2.45, 2.75) is 26.3 Å². The lowest BCUT2D eigenvalue weighted by Gasteiger charge is -2.14. The molecule has 1 unspecified atom stereocenters. The maximum Gasteiger partial charge on any atom is 0.271 e. The minimum Gasteiger partial charge on any atom is -0.376 e. The van der Waals surface area contributed by atoms with E-state index >= 15 is 0 Å². The van der Waals surface area contributed by atoms with E-state index in [-0.39, 0.29) is 11.7 Å². The average Bonchev–Trinajstić information content (AvgIpc) is 2.89. The summed E-state index contributed by atoms with van der Waals surface area (Å²) in [7, 11) is 0. The van der Waals surface area contributed by atoms with Crippen LogP contribution in [0.15, 0.2) is 30.3 Å². The van der Waals surface area contributed by atoms with E-state index in [1.54, 1.807) is 17.4 Å². The summed E-state index contributed by atoms with van der Waals surface area (Å²) in [5.74, 6) is 0. The molecule has 0 bridgehead atoms. The third kappa shape index (κ3) is 3.29. The summed E-state index contributed by atoms with van der Waals surface area (Å²) >= 11 is 7.82. The van der Waals surface area contributed by atoms with Crippen molar-refractivity contribution in [3.63, 3.8) is 0 Å². The van der Waals surface area contributed by atoms with Gasteiger partial charge in [0.1, 0.15) is 0 Å². The molecular formula is C14H15ClN2O2S. The van der Waals surface area contributed by atoms with Gasteiger partial charge in [-0.1, -0.05) is 18.5 Å². The molecule has 0 fully saturated rings. The Bertz CT molecular complexity index is 627. The highest BCUT2D eigenvalue weighted by Crippen LogP contribution is 2.32. The molecule has 20 heavy (non-hydrogen) atoms. The zero-order valence-corrected chi connectivity index (χ0v) is 12.8. The fraction of sp³-hybridized carbons (Fsp3) is 0.286. The zero-order valence-electron chi connectivity index (χ0n) is 11.2. The summed E-state index contributed by atoms with van der Waals surface area (Å²) in [5.41, 5.74) is 0.615. The van der Waals surface area contributed by atoms with E-state index in [1.165, 1.54) is 21.9 Å². The van der Waals surface area contributed by atoms with Gasteiger partial charge in [0, 0.05) is 21.9 Å². The number of nitrogens with zero attached hydrogens (tertiary/aromatic N) is 1. The quantitative estimate of drug-likeness (QED) is 0.621. The Morgan fingerprint density at radius 1 is 1.40 bits per heavy atom. The van der Waals surface area contributed by atoms with Crippen molar-refractivity contribution in [3.05, 3.63) is 55.2 Å². The first-order valence-corrected chi connectivity index (χ1v) is 7.49. The van der Waals surface area contributed by atoms with E-state index in [4.69, 9.17) is 11.6 Å². The molecule has 4 nitrogen and oxygen atoms in total. The normalized spacial score (nSPS) is 12.2. The Morgan fingerprint density at radius 3 is 2.75 bits per heavy atom. The van der Waals surface area contributed by atoms with Gasteiger partial charge in [-0.3, -0.25) is 10.1 Å². The van der Waals surface area contributed by atoms with Crippen LogP contribution in [0, 0.1) is 10.1 Å². The van der Waals surface area contributed by atoms with E-state index in [1.807, 2.05) is 6.92 Å². The lowest BCUT2D eigenvalue weighted by atomic mass is 10.2. The Balaban J connectivity index is 2.20. The second kappa shape index (κ2) is 6.24. The molecule has 0 saturated heterocycles. The number of hydrogen-bond donors (Lipinski definition) is 1. The number of aryl methyl sites for hydroxylation is 1. The fourth-order valence-corrected chi connectivity index (χ4v) is 2.99. The summed E-state index contributed by atoms with van der Waals surface area (Å²) in [6.07, 6.45) is 1.01. The molecule has 6 heteroatoms. The minimum atomic E-state index is -0.424. The topological polar surface area (TPSA) is 55.2 Å². The van der Waals surface area contributed by atoms with Crippen molar-refractivity contribution in [2.24, 2.45) is 0 Å². The first-order chi connectivity index (χ1) is 9.51. The summed E-state index contributed by atoms with van der Waals surface area (Å²) in [5, 5.41) is 14.5. The second-order valence-corrected chi connectivity index (χ2v) is 6.05. The number of benzene rings is 1. The van der Waals surface area contributed by atoms with E-state index in [2.05, 4.69) is 24.4 Å². The summed E-state index contributed by atoms with van der Waals surface area (Å²) < 4.78 is 0. The van der Waals surface area contributed by atoms with Crippen LogP contribution in [0.1, 0.15) is 29.6 Å². The first kappa shape index (κ1) is 14.8. The van der Waals surface area contributed by atoms with Crippen molar-refractivity contribution < 1.29 is 4.92 Å². The number of halogens is 1. The highest BCUT2D eigenvalue weighted by Gasteiger charge is 2.13. The molecule has 1 heterocycles. The van der Waals surface area contributed by atoms with Crippen molar-refractivity contribution in [2.75, 3.05) is 5.32 Å². The van der Waals surface area contributed by atoms with Gasteiger partial charge in [0.05, 0.1) is 21.7 Å². The van der Waals surface area contributed by atoms with Crippen molar-refractivity contribution in [1.29, 1.82) is 0 Å². The standard InChI is InChI=1S/C14H15ClN2O2S/c1-3-11-5-7-14(20-11)9(2)16-13-8-10(17(18)19)4-6-12(13)15/h4-9,16H,3H2,1-2H3. The zero-order chi connectivity index (χ0) is 14.7. The van der Waals surface area contributed by atoms with Crippen molar-refractivity contribution in [1.82, 2.24) is 0 Å². The SMILES string of the molecule is CCc1ccc(C(C)Nc2cc([N+](=O)[O-])ccc2Cl)s1. The van der Waals surface area contributed by atoms with Crippen LogP contribution in [0.25, 0.3) is 0 Å². The number of thiophene rings is 1. The molecule has 1 N–H and O–H groups in total. The monoisotopic (exact) mass is 310 g/mol. The van der Waals surface area contributed by atoms with Crippen LogP contribution in [0.5, 0.6) is 0 Å². The molecule has 106 valence electrons. The maximum absolute atomic E-state index is 10.8. The van der Waals surface area contributed by atoms with E-state index in [0.29, 0.717) is 10.7 Å². The van der Waals surface area contributed by atoms with Crippen LogP contribution in [-0.2, 0) is 6.42 Å². The average molecular weight is 311 g/mol. The molecule has 0 aliphatic rings. The lowest BCUT2D eigenvalue weighted by Crippen LogP contribution is -2.05. The van der Waals surface area contributed by atoms with Gasteiger partial charge in [0.25, 0.3) is 5.69 Å². The predicted octanol–water partition coefficient (Wildman–Crippen LogP) is 5.05. The molecule has 0 amide bonds. The molecular weight excluding hydrogens is 296 g/mol. The van der Waals surface area contributed by atoms with Crippen molar-refractivity contribution >= 4 is 34.3 Å². The maximum atomic E-state index is 10.8. The van der Waals surface area contributed by atoms with Gasteiger partial charge < -0.3 is 5.32 Å². The molecule has 1 aromatic heterocycles. The minimum absolute atomic E-state index is 0.0320. The third-order valence-electron chi connectivity index (χ3n) is 2.99. The first-order valence-electron chi connectivity index (χ1n) is 6.30. The van der Waals surface area contributed by atoms with Crippen LogP contribution in [0.4, 0.5) is 11.4 Å².